The van der Waals surface area contributed by atoms with E-state index in [1.54, 1.807) is 0 Å². The second kappa shape index (κ2) is 30.1. The molecule has 0 aliphatic rings. The molecule has 1 N–H and O–H groups in total. The number of hydrogen-bond donors (Lipinski definition) is 1. The Hall–Kier alpha value is -0.560. The van der Waals surface area contributed by atoms with E-state index in [9.17, 15) is 0 Å². The van der Waals surface area contributed by atoms with Crippen LogP contribution in [0.1, 0.15) is 48.0 Å². The molecule has 0 radical (unpaired) electrons. The van der Waals surface area contributed by atoms with E-state index in [0.29, 0.717) is 0 Å². The summed E-state index contributed by atoms with van der Waals surface area (Å²) in [6.07, 6.45) is 1.25. The van der Waals surface area contributed by atoms with Crippen LogP contribution in [-0.4, -0.2) is 12.2 Å². The van der Waals surface area contributed by atoms with Gasteiger partial charge >= 0.3 is 0 Å². The molecule has 0 atom stereocenters. The van der Waals surface area contributed by atoms with Gasteiger partial charge in [0, 0.05) is 7.11 Å². The van der Waals surface area contributed by atoms with Gasteiger partial charge < -0.3 is 5.11 Å². The Balaban J connectivity index is -0.0000000493. The Kier molecular flexibility index (Phi) is 52.9. The van der Waals surface area contributed by atoms with E-state index in [4.69, 9.17) is 5.11 Å². The zero-order valence-electron chi connectivity index (χ0n) is 10.6. The Morgan fingerprint density at radius 2 is 1.00 bits per heavy atom. The first-order valence-corrected chi connectivity index (χ1v) is 4.82. The van der Waals surface area contributed by atoms with Crippen LogP contribution < -0.4 is 0 Å². The first-order chi connectivity index (χ1) is 6.06. The summed E-state index contributed by atoms with van der Waals surface area (Å²) in [6, 6.07) is 0. The second-order valence-corrected chi connectivity index (χ2v) is 2.27. The van der Waals surface area contributed by atoms with Gasteiger partial charge in [-0.2, -0.15) is 0 Å². The van der Waals surface area contributed by atoms with E-state index in [-0.39, 0.29) is 0 Å². The maximum Gasteiger partial charge on any atom is 0.0319 e. The highest BCUT2D eigenvalue weighted by Crippen LogP contribution is 1.98. The van der Waals surface area contributed by atoms with Crippen molar-refractivity contribution in [2.45, 2.75) is 48.0 Å². The fraction of sp³-hybridized carbons (Fsp3) is 0.667. The van der Waals surface area contributed by atoms with E-state index in [2.05, 4.69) is 27.0 Å². The van der Waals surface area contributed by atoms with Crippen molar-refractivity contribution in [3.63, 3.8) is 0 Å². The lowest BCUT2D eigenvalue weighted by Crippen LogP contribution is -1.67. The van der Waals surface area contributed by atoms with Crippen molar-refractivity contribution in [1.29, 1.82) is 0 Å². The van der Waals surface area contributed by atoms with Crippen LogP contribution in [-0.2, 0) is 0 Å². The van der Waals surface area contributed by atoms with Gasteiger partial charge in [0.25, 0.3) is 0 Å². The van der Waals surface area contributed by atoms with Crippen LogP contribution in [0.4, 0.5) is 0 Å². The van der Waals surface area contributed by atoms with Crippen molar-refractivity contribution < 1.29 is 5.11 Å². The van der Waals surface area contributed by atoms with Gasteiger partial charge in [-0.25, -0.2) is 0 Å². The van der Waals surface area contributed by atoms with Crippen molar-refractivity contribution >= 4 is 0 Å². The highest BCUT2D eigenvalue weighted by atomic mass is 16.2. The molecule has 0 unspecified atom stereocenters. The molecule has 1 nitrogen and oxygen atoms in total. The molecule has 0 spiro atoms. The average Bonchev–Trinajstić information content (AvgIpc) is 2.12. The second-order valence-electron chi connectivity index (χ2n) is 2.27. The lowest BCUT2D eigenvalue weighted by Gasteiger charge is -1.88. The van der Waals surface area contributed by atoms with E-state index in [0.717, 1.165) is 18.3 Å². The van der Waals surface area contributed by atoms with Crippen LogP contribution in [0.5, 0.6) is 0 Å². The Morgan fingerprint density at radius 1 is 0.923 bits per heavy atom. The fourth-order valence-electron chi connectivity index (χ4n) is 0. The molecule has 0 rings (SSSR count). The van der Waals surface area contributed by atoms with E-state index in [1.807, 2.05) is 27.7 Å². The summed E-state index contributed by atoms with van der Waals surface area (Å²) in [5, 5.41) is 7.00. The molecule has 0 bridgehead atoms. The molecule has 0 amide bonds. The van der Waals surface area contributed by atoms with Crippen molar-refractivity contribution in [3.8, 4) is 0 Å². The minimum absolute atomic E-state index is 1.00. The van der Waals surface area contributed by atoms with Gasteiger partial charge in [-0.3, -0.25) is 0 Å². The fourth-order valence-corrected chi connectivity index (χ4v) is 0. The monoisotopic (exact) mass is 188 g/mol. The van der Waals surface area contributed by atoms with Crippen LogP contribution in [0, 0.1) is 0 Å². The van der Waals surface area contributed by atoms with Crippen LogP contribution in [0.2, 0.25) is 0 Å². The van der Waals surface area contributed by atoms with Crippen LogP contribution in [0.15, 0.2) is 24.3 Å². The van der Waals surface area contributed by atoms with Crippen molar-refractivity contribution in [2.24, 2.45) is 0 Å². The molecule has 1 heteroatoms. The Morgan fingerprint density at radius 3 is 1.00 bits per heavy atom. The molecule has 0 aromatic rings. The molecule has 0 aromatic heterocycles. The van der Waals surface area contributed by atoms with Crippen LogP contribution in [0.25, 0.3) is 0 Å². The molecule has 0 heterocycles. The van der Waals surface area contributed by atoms with Gasteiger partial charge in [0.1, 0.15) is 0 Å². The highest BCUT2D eigenvalue weighted by Gasteiger charge is 1.77. The van der Waals surface area contributed by atoms with Gasteiger partial charge in [-0.1, -0.05) is 58.4 Å². The summed E-state index contributed by atoms with van der Waals surface area (Å²) in [7, 11) is 1.00. The molecule has 13 heavy (non-hydrogen) atoms. The quantitative estimate of drug-likeness (QED) is 0.612. The summed E-state index contributed by atoms with van der Waals surface area (Å²) in [4.78, 5) is 0. The SMILES string of the molecule is C=C(C)C(=C)C.CC.CCC.CO. The van der Waals surface area contributed by atoms with Gasteiger partial charge in [-0.05, 0) is 13.8 Å². The van der Waals surface area contributed by atoms with Crippen LogP contribution >= 0.6 is 0 Å². The molecule has 0 saturated carbocycles. The number of hydrogen-bond acceptors (Lipinski definition) is 1. The van der Waals surface area contributed by atoms with Crippen molar-refractivity contribution in [3.05, 3.63) is 24.3 Å². The summed E-state index contributed by atoms with van der Waals surface area (Å²) in [5.41, 5.74) is 2.13. The smallest absolute Gasteiger partial charge is 0.0319 e. The third-order valence-electron chi connectivity index (χ3n) is 0.729. The molecular weight excluding hydrogens is 160 g/mol. The maximum atomic E-state index is 7.00. The Bertz CT molecular complexity index is 81.3. The van der Waals surface area contributed by atoms with Crippen molar-refractivity contribution in [2.75, 3.05) is 7.11 Å². The molecule has 0 fully saturated rings. The van der Waals surface area contributed by atoms with E-state index < -0.39 is 0 Å². The Labute approximate surface area is 85.2 Å². The maximum absolute atomic E-state index is 7.00. The lowest BCUT2D eigenvalue weighted by atomic mass is 10.2. The molecule has 82 valence electrons. The topological polar surface area (TPSA) is 20.2 Å². The summed E-state index contributed by atoms with van der Waals surface area (Å²) < 4.78 is 0. The average molecular weight is 188 g/mol. The minimum Gasteiger partial charge on any atom is -0.400 e. The van der Waals surface area contributed by atoms with E-state index >= 15 is 0 Å². The summed E-state index contributed by atoms with van der Waals surface area (Å²) in [5.74, 6) is 0. The predicted octanol–water partition coefficient (Wildman–Crippen LogP) is 4.19. The van der Waals surface area contributed by atoms with Gasteiger partial charge in [-0.15, -0.1) is 0 Å². The predicted molar refractivity (Wildman–Crippen MR) is 65.1 cm³/mol. The lowest BCUT2D eigenvalue weighted by molar-refractivity contribution is 0.399. The molecule has 0 aromatic carbocycles. The van der Waals surface area contributed by atoms with Gasteiger partial charge in [0.05, 0.1) is 0 Å². The number of allylic oxidation sites excluding steroid dienone is 2. The summed E-state index contributed by atoms with van der Waals surface area (Å²) in [6.45, 7) is 19.5. The normalized spacial score (nSPS) is 5.85. The van der Waals surface area contributed by atoms with E-state index in [1.165, 1.54) is 6.42 Å². The largest absolute Gasteiger partial charge is 0.400 e. The molecule has 0 aliphatic carbocycles. The van der Waals surface area contributed by atoms with Gasteiger partial charge in [0.2, 0.25) is 0 Å². The number of aliphatic hydroxyl groups is 1. The van der Waals surface area contributed by atoms with Crippen LogP contribution in [0.3, 0.4) is 0 Å². The molecule has 0 saturated heterocycles. The first-order valence-electron chi connectivity index (χ1n) is 4.82. The zero-order chi connectivity index (χ0) is 11.9. The molecule has 0 aliphatic heterocycles. The number of rotatable bonds is 1. The number of aliphatic hydroxyl groups excluding tert-OH is 1. The van der Waals surface area contributed by atoms with Crippen molar-refractivity contribution in [1.82, 2.24) is 0 Å². The third kappa shape index (κ3) is 86.1. The van der Waals surface area contributed by atoms with Gasteiger partial charge in [0.15, 0.2) is 0 Å². The first kappa shape index (κ1) is 22.9. The highest BCUT2D eigenvalue weighted by molar-refractivity contribution is 5.19. The minimum atomic E-state index is 1.00. The zero-order valence-corrected chi connectivity index (χ0v) is 10.6. The molecular formula is C12H28O. The third-order valence-corrected chi connectivity index (χ3v) is 0.729. The summed E-state index contributed by atoms with van der Waals surface area (Å²) >= 11 is 0. The standard InChI is InChI=1S/C6H10.C3H8.C2H6.CH4O/c1-5(2)6(3)4;1-3-2;2*1-2/h1,3H2,2,4H3;3H2,1-2H3;1-2H3;2H,1H3.